The summed E-state index contributed by atoms with van der Waals surface area (Å²) in [6, 6.07) is 16.1. The van der Waals surface area contributed by atoms with E-state index in [0.29, 0.717) is 17.4 Å². The van der Waals surface area contributed by atoms with E-state index in [-0.39, 0.29) is 6.10 Å². The lowest BCUT2D eigenvalue weighted by atomic mass is 9.92. The number of aliphatic hydroxyl groups is 1. The van der Waals surface area contributed by atoms with E-state index in [9.17, 15) is 5.11 Å². The standard InChI is InChI=1S/C17H18BrClO/c1-12(13-5-3-2-4-6-13)9-16(20)10-14-7-8-15(18)11-17(14)19/h2-8,11-12,16,20H,9-10H2,1H3. The van der Waals surface area contributed by atoms with E-state index in [1.54, 1.807) is 0 Å². The van der Waals surface area contributed by atoms with Crippen molar-refractivity contribution >= 4 is 27.5 Å². The molecular weight excluding hydrogens is 336 g/mol. The molecule has 0 spiro atoms. The molecule has 1 nitrogen and oxygen atoms in total. The molecule has 2 rings (SSSR count). The number of rotatable bonds is 5. The van der Waals surface area contributed by atoms with E-state index in [1.807, 2.05) is 36.4 Å². The second-order valence-corrected chi connectivity index (χ2v) is 6.46. The molecule has 2 aromatic rings. The molecule has 0 fully saturated rings. The van der Waals surface area contributed by atoms with E-state index in [1.165, 1.54) is 5.56 Å². The Morgan fingerprint density at radius 2 is 1.85 bits per heavy atom. The number of benzene rings is 2. The largest absolute Gasteiger partial charge is 0.393 e. The van der Waals surface area contributed by atoms with Gasteiger partial charge >= 0.3 is 0 Å². The van der Waals surface area contributed by atoms with Crippen molar-refractivity contribution in [1.82, 2.24) is 0 Å². The lowest BCUT2D eigenvalue weighted by Crippen LogP contribution is -2.14. The van der Waals surface area contributed by atoms with Gasteiger partial charge in [0, 0.05) is 9.50 Å². The second kappa shape index (κ2) is 7.26. The predicted molar refractivity (Wildman–Crippen MR) is 88.3 cm³/mol. The Morgan fingerprint density at radius 1 is 1.15 bits per heavy atom. The van der Waals surface area contributed by atoms with Crippen molar-refractivity contribution in [2.24, 2.45) is 0 Å². The van der Waals surface area contributed by atoms with Crippen molar-refractivity contribution in [3.05, 3.63) is 69.2 Å². The molecule has 0 saturated heterocycles. The first kappa shape index (κ1) is 15.6. The first-order valence-electron chi connectivity index (χ1n) is 6.73. The zero-order chi connectivity index (χ0) is 14.5. The van der Waals surface area contributed by atoms with Crippen LogP contribution in [0.3, 0.4) is 0 Å². The van der Waals surface area contributed by atoms with Crippen molar-refractivity contribution in [2.75, 3.05) is 0 Å². The maximum absolute atomic E-state index is 10.3. The number of halogens is 2. The molecule has 2 atom stereocenters. The molecule has 0 bridgehead atoms. The summed E-state index contributed by atoms with van der Waals surface area (Å²) in [6.45, 7) is 2.14. The van der Waals surface area contributed by atoms with E-state index >= 15 is 0 Å². The van der Waals surface area contributed by atoms with Crippen LogP contribution in [0, 0.1) is 0 Å². The van der Waals surface area contributed by atoms with Crippen LogP contribution >= 0.6 is 27.5 Å². The lowest BCUT2D eigenvalue weighted by Gasteiger charge is -2.17. The van der Waals surface area contributed by atoms with Gasteiger partial charge in [-0.25, -0.2) is 0 Å². The highest BCUT2D eigenvalue weighted by Gasteiger charge is 2.14. The molecule has 0 aliphatic heterocycles. The van der Waals surface area contributed by atoms with Crippen molar-refractivity contribution in [3.63, 3.8) is 0 Å². The smallest absolute Gasteiger partial charge is 0.0586 e. The lowest BCUT2D eigenvalue weighted by molar-refractivity contribution is 0.157. The number of hydrogen-bond acceptors (Lipinski definition) is 1. The van der Waals surface area contributed by atoms with Gasteiger partial charge < -0.3 is 5.11 Å². The highest BCUT2D eigenvalue weighted by molar-refractivity contribution is 9.10. The van der Waals surface area contributed by atoms with Crippen LogP contribution in [0.15, 0.2) is 53.0 Å². The fourth-order valence-corrected chi connectivity index (χ4v) is 3.10. The molecule has 106 valence electrons. The van der Waals surface area contributed by atoms with Gasteiger partial charge in [0.25, 0.3) is 0 Å². The van der Waals surface area contributed by atoms with E-state index < -0.39 is 0 Å². The third-order valence-electron chi connectivity index (χ3n) is 3.46. The van der Waals surface area contributed by atoms with Gasteiger partial charge in [-0.05, 0) is 42.0 Å². The van der Waals surface area contributed by atoms with Crippen molar-refractivity contribution in [3.8, 4) is 0 Å². The maximum Gasteiger partial charge on any atom is 0.0586 e. The zero-order valence-electron chi connectivity index (χ0n) is 11.4. The van der Waals surface area contributed by atoms with E-state index in [0.717, 1.165) is 16.5 Å². The van der Waals surface area contributed by atoms with Crippen LogP contribution in [-0.2, 0) is 6.42 Å². The molecule has 0 aliphatic rings. The molecule has 3 heteroatoms. The van der Waals surface area contributed by atoms with Gasteiger partial charge in [-0.15, -0.1) is 0 Å². The zero-order valence-corrected chi connectivity index (χ0v) is 13.7. The Kier molecular flexibility index (Phi) is 5.64. The van der Waals surface area contributed by atoms with Crippen molar-refractivity contribution in [2.45, 2.75) is 31.8 Å². The molecule has 0 aromatic heterocycles. The molecule has 2 aromatic carbocycles. The minimum Gasteiger partial charge on any atom is -0.393 e. The fraction of sp³-hybridized carbons (Fsp3) is 0.294. The van der Waals surface area contributed by atoms with Gasteiger partial charge in [0.05, 0.1) is 6.10 Å². The molecule has 2 unspecified atom stereocenters. The van der Waals surface area contributed by atoms with Crippen LogP contribution in [0.1, 0.15) is 30.4 Å². The molecule has 0 amide bonds. The van der Waals surface area contributed by atoms with Crippen LogP contribution in [0.4, 0.5) is 0 Å². The summed E-state index contributed by atoms with van der Waals surface area (Å²) in [5.41, 5.74) is 2.25. The number of aliphatic hydroxyl groups excluding tert-OH is 1. The molecular formula is C17H18BrClO. The summed E-state index contributed by atoms with van der Waals surface area (Å²) in [7, 11) is 0. The highest BCUT2D eigenvalue weighted by atomic mass is 79.9. The molecule has 0 heterocycles. The van der Waals surface area contributed by atoms with Gasteiger partial charge in [0.15, 0.2) is 0 Å². The third-order valence-corrected chi connectivity index (χ3v) is 4.31. The molecule has 0 radical (unpaired) electrons. The highest BCUT2D eigenvalue weighted by Crippen LogP contribution is 2.26. The molecule has 0 saturated carbocycles. The average molecular weight is 354 g/mol. The first-order chi connectivity index (χ1) is 9.56. The Labute approximate surface area is 133 Å². The van der Waals surface area contributed by atoms with Gasteiger partial charge in [-0.1, -0.05) is 70.9 Å². The Bertz CT molecular complexity index is 556. The van der Waals surface area contributed by atoms with Gasteiger partial charge in [0.1, 0.15) is 0 Å². The Morgan fingerprint density at radius 3 is 2.50 bits per heavy atom. The summed E-state index contributed by atoms with van der Waals surface area (Å²) in [5.74, 6) is 0.334. The summed E-state index contributed by atoms with van der Waals surface area (Å²) < 4.78 is 0.957. The summed E-state index contributed by atoms with van der Waals surface area (Å²) in [5, 5.41) is 11.0. The van der Waals surface area contributed by atoms with Crippen molar-refractivity contribution in [1.29, 1.82) is 0 Å². The maximum atomic E-state index is 10.3. The molecule has 20 heavy (non-hydrogen) atoms. The van der Waals surface area contributed by atoms with Gasteiger partial charge in [-0.2, -0.15) is 0 Å². The van der Waals surface area contributed by atoms with Crippen LogP contribution in [0.2, 0.25) is 5.02 Å². The Balaban J connectivity index is 1.97. The second-order valence-electron chi connectivity index (χ2n) is 5.14. The SMILES string of the molecule is CC(CC(O)Cc1ccc(Br)cc1Cl)c1ccccc1. The van der Waals surface area contributed by atoms with Gasteiger partial charge in [-0.3, -0.25) is 0 Å². The summed E-state index contributed by atoms with van der Waals surface area (Å²) in [4.78, 5) is 0. The van der Waals surface area contributed by atoms with E-state index in [2.05, 4.69) is 35.0 Å². The Hall–Kier alpha value is -0.830. The normalized spacial score (nSPS) is 14.0. The predicted octanol–water partition coefficient (Wildman–Crippen LogP) is 5.20. The van der Waals surface area contributed by atoms with Crippen LogP contribution in [0.5, 0.6) is 0 Å². The molecule has 0 aliphatic carbocycles. The van der Waals surface area contributed by atoms with E-state index in [4.69, 9.17) is 11.6 Å². The average Bonchev–Trinajstić information content (AvgIpc) is 2.43. The fourth-order valence-electron chi connectivity index (χ4n) is 2.35. The third kappa shape index (κ3) is 4.34. The minimum atomic E-state index is -0.385. The van der Waals surface area contributed by atoms with Crippen LogP contribution in [0.25, 0.3) is 0 Å². The summed E-state index contributed by atoms with van der Waals surface area (Å²) in [6.07, 6.45) is 0.934. The molecule has 1 N–H and O–H groups in total. The monoisotopic (exact) mass is 352 g/mol. The minimum absolute atomic E-state index is 0.334. The number of hydrogen-bond donors (Lipinski definition) is 1. The van der Waals surface area contributed by atoms with Crippen molar-refractivity contribution < 1.29 is 5.11 Å². The first-order valence-corrected chi connectivity index (χ1v) is 7.90. The quantitative estimate of drug-likeness (QED) is 0.783. The van der Waals surface area contributed by atoms with Crippen LogP contribution < -0.4 is 0 Å². The van der Waals surface area contributed by atoms with Crippen LogP contribution in [-0.4, -0.2) is 11.2 Å². The summed E-state index contributed by atoms with van der Waals surface area (Å²) >= 11 is 9.57. The van der Waals surface area contributed by atoms with Gasteiger partial charge in [0.2, 0.25) is 0 Å². The topological polar surface area (TPSA) is 20.2 Å².